The molecule has 1 aliphatic heterocycles. The molecule has 1 aromatic heterocycles. The molecule has 1 fully saturated rings. The molecule has 2 heterocycles. The maximum absolute atomic E-state index is 9.71. The standard InChI is InChI=1S/C13H19N3OS/c1-9-7-16(5-3-12(9)17)8-10-2-4-15-11(6-10)13(14)18/h2,4,6,9,12,17H,3,5,7-8H2,1H3,(H2,14,18). The first-order chi connectivity index (χ1) is 8.56. The third kappa shape index (κ3) is 3.25. The Balaban J connectivity index is 2.01. The maximum atomic E-state index is 9.71. The van der Waals surface area contributed by atoms with Crippen molar-refractivity contribution in [2.24, 2.45) is 11.7 Å². The molecule has 1 saturated heterocycles. The van der Waals surface area contributed by atoms with Crippen LogP contribution in [0.2, 0.25) is 0 Å². The average Bonchev–Trinajstić information content (AvgIpc) is 2.34. The second kappa shape index (κ2) is 5.73. The van der Waals surface area contributed by atoms with Crippen molar-refractivity contribution in [1.29, 1.82) is 0 Å². The maximum Gasteiger partial charge on any atom is 0.122 e. The molecule has 2 rings (SSSR count). The van der Waals surface area contributed by atoms with Gasteiger partial charge in [-0.2, -0.15) is 0 Å². The number of nitrogens with zero attached hydrogens (tertiary/aromatic N) is 2. The van der Waals surface area contributed by atoms with Crippen LogP contribution in [0.3, 0.4) is 0 Å². The number of pyridine rings is 1. The molecule has 1 aliphatic rings. The summed E-state index contributed by atoms with van der Waals surface area (Å²) in [6.45, 7) is 4.79. The molecule has 5 heteroatoms. The van der Waals surface area contributed by atoms with Gasteiger partial charge in [0.05, 0.1) is 11.8 Å². The minimum Gasteiger partial charge on any atom is -0.393 e. The molecular weight excluding hydrogens is 246 g/mol. The van der Waals surface area contributed by atoms with Crippen molar-refractivity contribution in [2.45, 2.75) is 26.0 Å². The fraction of sp³-hybridized carbons (Fsp3) is 0.538. The quantitative estimate of drug-likeness (QED) is 0.796. The Kier molecular flexibility index (Phi) is 4.27. The van der Waals surface area contributed by atoms with E-state index in [0.717, 1.165) is 31.6 Å². The fourth-order valence-electron chi connectivity index (χ4n) is 2.33. The van der Waals surface area contributed by atoms with E-state index < -0.39 is 0 Å². The van der Waals surface area contributed by atoms with Gasteiger partial charge in [0.15, 0.2) is 0 Å². The van der Waals surface area contributed by atoms with Crippen LogP contribution >= 0.6 is 12.2 Å². The number of hydrogen-bond donors (Lipinski definition) is 2. The lowest BCUT2D eigenvalue weighted by Gasteiger charge is -2.34. The third-order valence-electron chi connectivity index (χ3n) is 3.43. The highest BCUT2D eigenvalue weighted by Gasteiger charge is 2.23. The zero-order valence-corrected chi connectivity index (χ0v) is 11.4. The molecule has 4 nitrogen and oxygen atoms in total. The summed E-state index contributed by atoms with van der Waals surface area (Å²) in [5.74, 6) is 0.329. The minimum absolute atomic E-state index is 0.161. The summed E-state index contributed by atoms with van der Waals surface area (Å²) in [6, 6.07) is 3.93. The molecular formula is C13H19N3OS. The highest BCUT2D eigenvalue weighted by atomic mass is 32.1. The van der Waals surface area contributed by atoms with Gasteiger partial charge in [0.2, 0.25) is 0 Å². The second-order valence-electron chi connectivity index (χ2n) is 4.98. The molecule has 2 unspecified atom stereocenters. The van der Waals surface area contributed by atoms with E-state index in [-0.39, 0.29) is 6.10 Å². The number of aliphatic hydroxyl groups is 1. The zero-order chi connectivity index (χ0) is 13.1. The SMILES string of the molecule is CC1CN(Cc2ccnc(C(N)=S)c2)CCC1O. The van der Waals surface area contributed by atoms with Crippen molar-refractivity contribution in [3.05, 3.63) is 29.6 Å². The van der Waals surface area contributed by atoms with E-state index in [4.69, 9.17) is 18.0 Å². The van der Waals surface area contributed by atoms with Crippen molar-refractivity contribution in [3.63, 3.8) is 0 Å². The van der Waals surface area contributed by atoms with Gasteiger partial charge in [0.25, 0.3) is 0 Å². The van der Waals surface area contributed by atoms with E-state index in [0.29, 0.717) is 16.6 Å². The Labute approximate surface area is 113 Å². The van der Waals surface area contributed by atoms with Crippen molar-refractivity contribution >= 4 is 17.2 Å². The van der Waals surface area contributed by atoms with Crippen LogP contribution < -0.4 is 5.73 Å². The van der Waals surface area contributed by atoms with Gasteiger partial charge in [0, 0.05) is 25.8 Å². The number of aliphatic hydroxyl groups excluding tert-OH is 1. The number of likely N-dealkylation sites (tertiary alicyclic amines) is 1. The first-order valence-electron chi connectivity index (χ1n) is 6.21. The van der Waals surface area contributed by atoms with E-state index in [1.807, 2.05) is 12.1 Å². The molecule has 1 aromatic rings. The van der Waals surface area contributed by atoms with Crippen LogP contribution in [0, 0.1) is 5.92 Å². The largest absolute Gasteiger partial charge is 0.393 e. The third-order valence-corrected chi connectivity index (χ3v) is 3.64. The van der Waals surface area contributed by atoms with Gasteiger partial charge in [-0.05, 0) is 30.0 Å². The normalized spacial score (nSPS) is 25.0. The fourth-order valence-corrected chi connectivity index (χ4v) is 2.44. The summed E-state index contributed by atoms with van der Waals surface area (Å²) in [5.41, 5.74) is 7.42. The summed E-state index contributed by atoms with van der Waals surface area (Å²) >= 11 is 4.93. The minimum atomic E-state index is -0.161. The van der Waals surface area contributed by atoms with Crippen LogP contribution in [0.5, 0.6) is 0 Å². The predicted octanol–water partition coefficient (Wildman–Crippen LogP) is 0.919. The van der Waals surface area contributed by atoms with Crippen molar-refractivity contribution < 1.29 is 5.11 Å². The average molecular weight is 265 g/mol. The van der Waals surface area contributed by atoms with Gasteiger partial charge >= 0.3 is 0 Å². The number of rotatable bonds is 3. The molecule has 3 N–H and O–H groups in total. The summed E-state index contributed by atoms with van der Waals surface area (Å²) in [4.78, 5) is 6.81. The summed E-state index contributed by atoms with van der Waals surface area (Å²) in [5, 5.41) is 9.71. The van der Waals surface area contributed by atoms with Gasteiger partial charge in [-0.25, -0.2) is 0 Å². The molecule has 0 aliphatic carbocycles. The van der Waals surface area contributed by atoms with E-state index in [1.165, 1.54) is 0 Å². The first kappa shape index (κ1) is 13.4. The van der Waals surface area contributed by atoms with E-state index in [1.54, 1.807) is 6.20 Å². The molecule has 0 aromatic carbocycles. The molecule has 18 heavy (non-hydrogen) atoms. The van der Waals surface area contributed by atoms with Gasteiger partial charge in [-0.3, -0.25) is 9.88 Å². The molecule has 0 radical (unpaired) electrons. The van der Waals surface area contributed by atoms with Gasteiger partial charge in [0.1, 0.15) is 4.99 Å². The summed E-state index contributed by atoms with van der Waals surface area (Å²) < 4.78 is 0. The van der Waals surface area contributed by atoms with Crippen LogP contribution in [-0.4, -0.2) is 39.2 Å². The van der Waals surface area contributed by atoms with E-state index in [2.05, 4.69) is 16.8 Å². The Hall–Kier alpha value is -1.04. The van der Waals surface area contributed by atoms with Gasteiger partial charge < -0.3 is 10.8 Å². The predicted molar refractivity (Wildman–Crippen MR) is 75.2 cm³/mol. The van der Waals surface area contributed by atoms with Gasteiger partial charge in [-0.1, -0.05) is 19.1 Å². The molecule has 0 spiro atoms. The molecule has 0 amide bonds. The monoisotopic (exact) mass is 265 g/mol. The lowest BCUT2D eigenvalue weighted by molar-refractivity contribution is 0.0320. The van der Waals surface area contributed by atoms with Crippen molar-refractivity contribution in [3.8, 4) is 0 Å². The number of piperidine rings is 1. The lowest BCUT2D eigenvalue weighted by Crippen LogP contribution is -2.41. The molecule has 0 saturated carbocycles. The Bertz CT molecular complexity index is 438. The van der Waals surface area contributed by atoms with Gasteiger partial charge in [-0.15, -0.1) is 0 Å². The van der Waals surface area contributed by atoms with Crippen LogP contribution in [0.25, 0.3) is 0 Å². The number of aromatic nitrogens is 1. The molecule has 98 valence electrons. The van der Waals surface area contributed by atoms with Crippen LogP contribution in [-0.2, 0) is 6.54 Å². The molecule has 2 atom stereocenters. The van der Waals surface area contributed by atoms with Crippen LogP contribution in [0.4, 0.5) is 0 Å². The first-order valence-corrected chi connectivity index (χ1v) is 6.62. The van der Waals surface area contributed by atoms with Crippen LogP contribution in [0.1, 0.15) is 24.6 Å². The number of thiocarbonyl (C=S) groups is 1. The van der Waals surface area contributed by atoms with Crippen molar-refractivity contribution in [2.75, 3.05) is 13.1 Å². The van der Waals surface area contributed by atoms with Crippen molar-refractivity contribution in [1.82, 2.24) is 9.88 Å². The van der Waals surface area contributed by atoms with Crippen LogP contribution in [0.15, 0.2) is 18.3 Å². The Morgan fingerprint density at radius 3 is 3.11 bits per heavy atom. The second-order valence-corrected chi connectivity index (χ2v) is 5.42. The number of nitrogens with two attached hydrogens (primary N) is 1. The summed E-state index contributed by atoms with van der Waals surface area (Å²) in [6.07, 6.45) is 2.42. The van der Waals surface area contributed by atoms with E-state index >= 15 is 0 Å². The Morgan fingerprint density at radius 1 is 1.67 bits per heavy atom. The Morgan fingerprint density at radius 2 is 2.44 bits per heavy atom. The van der Waals surface area contributed by atoms with E-state index in [9.17, 15) is 5.11 Å². The number of hydrogen-bond acceptors (Lipinski definition) is 4. The highest BCUT2D eigenvalue weighted by Crippen LogP contribution is 2.18. The lowest BCUT2D eigenvalue weighted by atomic mass is 9.96. The molecule has 0 bridgehead atoms. The highest BCUT2D eigenvalue weighted by molar-refractivity contribution is 7.80. The summed E-state index contributed by atoms with van der Waals surface area (Å²) in [7, 11) is 0. The smallest absolute Gasteiger partial charge is 0.122 e. The topological polar surface area (TPSA) is 62.4 Å². The zero-order valence-electron chi connectivity index (χ0n) is 10.5.